The van der Waals surface area contributed by atoms with E-state index in [2.05, 4.69) is 0 Å². The Morgan fingerprint density at radius 1 is 0.938 bits per heavy atom. The van der Waals surface area contributed by atoms with Crippen LogP contribution in [0.1, 0.15) is 29.7 Å². The van der Waals surface area contributed by atoms with E-state index in [9.17, 15) is 18.3 Å². The number of amides is 1. The molecule has 4 rings (SSSR count). The van der Waals surface area contributed by atoms with Crippen LogP contribution in [-0.4, -0.2) is 19.4 Å². The van der Waals surface area contributed by atoms with Crippen LogP contribution in [0, 0.1) is 6.92 Å². The molecule has 0 saturated carbocycles. The van der Waals surface area contributed by atoms with Crippen molar-refractivity contribution in [3.05, 3.63) is 105 Å². The molecule has 0 spiro atoms. The van der Waals surface area contributed by atoms with Crippen molar-refractivity contribution >= 4 is 33.0 Å². The Balaban J connectivity index is 1.92. The summed E-state index contributed by atoms with van der Waals surface area (Å²) in [6, 6.07) is 19.2. The Kier molecular flexibility index (Phi) is 5.84. The Bertz CT molecular complexity index is 1300. The lowest BCUT2D eigenvalue weighted by atomic mass is 10.0. The highest BCUT2D eigenvalue weighted by Crippen LogP contribution is 2.45. The van der Waals surface area contributed by atoms with Crippen LogP contribution in [0.3, 0.4) is 0 Å². The number of rotatable bonds is 5. The van der Waals surface area contributed by atoms with Gasteiger partial charge in [0.05, 0.1) is 4.90 Å². The van der Waals surface area contributed by atoms with E-state index in [0.717, 1.165) is 17.5 Å². The minimum absolute atomic E-state index is 0.0191. The van der Waals surface area contributed by atoms with E-state index in [1.165, 1.54) is 17.0 Å². The van der Waals surface area contributed by atoms with Gasteiger partial charge in [0.2, 0.25) is 9.84 Å². The first-order chi connectivity index (χ1) is 15.2. The highest BCUT2D eigenvalue weighted by Gasteiger charge is 2.47. The first-order valence-electron chi connectivity index (χ1n) is 10.2. The summed E-state index contributed by atoms with van der Waals surface area (Å²) in [5.74, 6) is -1.55. The van der Waals surface area contributed by atoms with Gasteiger partial charge in [-0.15, -0.1) is 0 Å². The first kappa shape index (κ1) is 22.1. The number of benzene rings is 3. The topological polar surface area (TPSA) is 74.7 Å². The van der Waals surface area contributed by atoms with Gasteiger partial charge in [-0.2, -0.15) is 0 Å². The second-order valence-electron chi connectivity index (χ2n) is 7.68. The van der Waals surface area contributed by atoms with Gasteiger partial charge >= 0.3 is 0 Å². The van der Waals surface area contributed by atoms with Gasteiger partial charge in [-0.25, -0.2) is 8.42 Å². The van der Waals surface area contributed by atoms with Crippen LogP contribution < -0.4 is 4.90 Å². The lowest BCUT2D eigenvalue weighted by Crippen LogP contribution is -2.31. The molecule has 1 aliphatic heterocycles. The van der Waals surface area contributed by atoms with Crippen molar-refractivity contribution in [2.75, 3.05) is 4.90 Å². The van der Waals surface area contributed by atoms with Gasteiger partial charge in [0, 0.05) is 10.7 Å². The van der Waals surface area contributed by atoms with Crippen LogP contribution in [0.25, 0.3) is 0 Å². The number of hydrogen-bond donors (Lipinski definition) is 1. The number of aryl methyl sites for hydroxylation is 2. The fraction of sp³-hybridized carbons (Fsp3) is 0.160. The quantitative estimate of drug-likeness (QED) is 0.534. The molecule has 7 heteroatoms. The lowest BCUT2D eigenvalue weighted by molar-refractivity contribution is -0.117. The maximum absolute atomic E-state index is 13.6. The molecule has 0 radical (unpaired) electrons. The number of carbonyl (C=O) groups is 1. The predicted molar refractivity (Wildman–Crippen MR) is 126 cm³/mol. The van der Waals surface area contributed by atoms with E-state index in [1.807, 2.05) is 26.0 Å². The molecule has 1 amide bonds. The van der Waals surface area contributed by atoms with Crippen LogP contribution in [-0.2, 0) is 21.1 Å². The van der Waals surface area contributed by atoms with Crippen molar-refractivity contribution in [3.63, 3.8) is 0 Å². The number of nitrogens with zero attached hydrogens (tertiary/aromatic N) is 1. The van der Waals surface area contributed by atoms with Gasteiger partial charge < -0.3 is 5.11 Å². The number of aliphatic hydroxyl groups excluding tert-OH is 1. The highest BCUT2D eigenvalue weighted by molar-refractivity contribution is 7.95. The Morgan fingerprint density at radius 3 is 2.09 bits per heavy atom. The minimum Gasteiger partial charge on any atom is -0.502 e. The molecule has 1 unspecified atom stereocenters. The van der Waals surface area contributed by atoms with Crippen LogP contribution in [0.2, 0.25) is 5.02 Å². The van der Waals surface area contributed by atoms with Gasteiger partial charge in [-0.1, -0.05) is 60.5 Å². The van der Waals surface area contributed by atoms with Crippen LogP contribution in [0.15, 0.2) is 88.4 Å². The molecule has 0 aliphatic carbocycles. The van der Waals surface area contributed by atoms with Crippen molar-refractivity contribution in [2.45, 2.75) is 31.2 Å². The molecule has 0 fully saturated rings. The normalized spacial score (nSPS) is 16.7. The molecule has 3 aromatic carbocycles. The van der Waals surface area contributed by atoms with E-state index >= 15 is 0 Å². The minimum atomic E-state index is -4.16. The average Bonchev–Trinajstić information content (AvgIpc) is 3.06. The monoisotopic (exact) mass is 467 g/mol. The zero-order valence-corrected chi connectivity index (χ0v) is 19.2. The molecule has 164 valence electrons. The maximum Gasteiger partial charge on any atom is 0.295 e. The van der Waals surface area contributed by atoms with Crippen LogP contribution >= 0.6 is 11.6 Å². The van der Waals surface area contributed by atoms with Gasteiger partial charge in [-0.3, -0.25) is 9.69 Å². The molecule has 1 aliphatic rings. The van der Waals surface area contributed by atoms with Gasteiger partial charge in [0.25, 0.3) is 5.91 Å². The second-order valence-corrected chi connectivity index (χ2v) is 10.0. The summed E-state index contributed by atoms with van der Waals surface area (Å²) in [7, 11) is -4.16. The van der Waals surface area contributed by atoms with E-state index in [-0.39, 0.29) is 9.80 Å². The molecular weight excluding hydrogens is 446 g/mol. The third-order valence-corrected chi connectivity index (χ3v) is 7.73. The predicted octanol–water partition coefficient (Wildman–Crippen LogP) is 5.54. The van der Waals surface area contributed by atoms with Crippen LogP contribution in [0.4, 0.5) is 5.69 Å². The zero-order chi connectivity index (χ0) is 23.0. The van der Waals surface area contributed by atoms with E-state index in [4.69, 9.17) is 11.6 Å². The third kappa shape index (κ3) is 3.80. The maximum atomic E-state index is 13.6. The molecule has 1 atom stereocenters. The summed E-state index contributed by atoms with van der Waals surface area (Å²) >= 11 is 6.01. The molecule has 32 heavy (non-hydrogen) atoms. The van der Waals surface area contributed by atoms with Crippen molar-refractivity contribution in [1.29, 1.82) is 0 Å². The van der Waals surface area contributed by atoms with Crippen molar-refractivity contribution in [1.82, 2.24) is 0 Å². The summed E-state index contributed by atoms with van der Waals surface area (Å²) in [4.78, 5) is 14.2. The van der Waals surface area contributed by atoms with Gasteiger partial charge in [0.1, 0.15) is 10.9 Å². The zero-order valence-electron chi connectivity index (χ0n) is 17.6. The summed E-state index contributed by atoms with van der Waals surface area (Å²) in [5.41, 5.74) is 3.00. The third-order valence-electron chi connectivity index (χ3n) is 5.59. The Morgan fingerprint density at radius 2 is 1.53 bits per heavy atom. The molecular formula is C25H22ClNO4S. The lowest BCUT2D eigenvalue weighted by Gasteiger charge is -2.27. The van der Waals surface area contributed by atoms with Gasteiger partial charge in [-0.05, 0) is 60.9 Å². The molecule has 3 aromatic rings. The Hall–Kier alpha value is -3.09. The average molecular weight is 468 g/mol. The summed E-state index contributed by atoms with van der Waals surface area (Å²) < 4.78 is 27.2. The van der Waals surface area contributed by atoms with Gasteiger partial charge in [0.15, 0.2) is 5.76 Å². The molecule has 1 heterocycles. The fourth-order valence-corrected chi connectivity index (χ4v) is 5.56. The largest absolute Gasteiger partial charge is 0.502 e. The number of sulfone groups is 1. The van der Waals surface area contributed by atoms with Crippen molar-refractivity contribution in [2.24, 2.45) is 0 Å². The number of carbonyl (C=O) groups excluding carboxylic acids is 1. The summed E-state index contributed by atoms with van der Waals surface area (Å²) in [6.45, 7) is 3.87. The number of hydrogen-bond acceptors (Lipinski definition) is 4. The van der Waals surface area contributed by atoms with E-state index in [1.54, 1.807) is 48.5 Å². The highest BCUT2D eigenvalue weighted by atomic mass is 35.5. The van der Waals surface area contributed by atoms with Crippen LogP contribution in [0.5, 0.6) is 0 Å². The number of halogens is 1. The van der Waals surface area contributed by atoms with Crippen molar-refractivity contribution in [3.8, 4) is 0 Å². The standard InChI is InChI=1S/C25H22ClNO4S/c1-3-17-6-8-18(9-7-17)22-24(32(30,31)21-14-4-16(2)5-15-21)23(28)25(29)27(22)20-12-10-19(26)11-13-20/h4-15,22,28H,3H2,1-2H3. The smallest absolute Gasteiger partial charge is 0.295 e. The van der Waals surface area contributed by atoms with E-state index in [0.29, 0.717) is 16.3 Å². The second kappa shape index (κ2) is 8.45. The number of aliphatic hydroxyl groups is 1. The molecule has 1 N–H and O–H groups in total. The van der Waals surface area contributed by atoms with E-state index < -0.39 is 27.5 Å². The fourth-order valence-electron chi connectivity index (χ4n) is 3.81. The molecule has 0 aromatic heterocycles. The summed E-state index contributed by atoms with van der Waals surface area (Å²) in [6.07, 6.45) is 0.820. The molecule has 5 nitrogen and oxygen atoms in total. The molecule has 0 saturated heterocycles. The molecule has 0 bridgehead atoms. The summed E-state index contributed by atoms with van der Waals surface area (Å²) in [5, 5.41) is 11.3. The number of anilines is 1. The SMILES string of the molecule is CCc1ccc(C2C(S(=O)(=O)c3ccc(C)cc3)=C(O)C(=O)N2c2ccc(Cl)cc2)cc1. The van der Waals surface area contributed by atoms with Crippen molar-refractivity contribution < 1.29 is 18.3 Å². The first-order valence-corrected chi connectivity index (χ1v) is 12.0. The Labute approximate surface area is 192 Å².